The molecular weight excluding hydrogens is 287 g/mol. The molecule has 2 N–H and O–H groups in total. The minimum atomic E-state index is -0.315. The Morgan fingerprint density at radius 1 is 1.24 bits per heavy atom. The molecule has 4 heteroatoms. The van der Waals surface area contributed by atoms with E-state index in [2.05, 4.69) is 4.90 Å². The summed E-state index contributed by atoms with van der Waals surface area (Å²) in [5.41, 5.74) is 8.73. The zero-order valence-corrected chi connectivity index (χ0v) is 13.1. The van der Waals surface area contributed by atoms with Gasteiger partial charge in [-0.1, -0.05) is 35.9 Å². The smallest absolute Gasteiger partial charge is 0.130 e. The summed E-state index contributed by atoms with van der Waals surface area (Å²) in [7, 11) is 0. The number of aryl methyl sites for hydroxylation is 1. The van der Waals surface area contributed by atoms with Crippen LogP contribution in [0.25, 0.3) is 0 Å². The summed E-state index contributed by atoms with van der Waals surface area (Å²) in [6.07, 6.45) is 0. The monoisotopic (exact) mass is 306 g/mol. The van der Waals surface area contributed by atoms with E-state index in [-0.39, 0.29) is 11.9 Å². The Hall–Kier alpha value is -1.58. The second kappa shape index (κ2) is 6.92. The van der Waals surface area contributed by atoms with Crippen molar-refractivity contribution in [1.82, 2.24) is 0 Å². The Labute approximate surface area is 130 Å². The van der Waals surface area contributed by atoms with Gasteiger partial charge < -0.3 is 10.6 Å². The van der Waals surface area contributed by atoms with Gasteiger partial charge in [-0.2, -0.15) is 0 Å². The molecule has 0 aliphatic rings. The van der Waals surface area contributed by atoms with E-state index in [9.17, 15) is 4.39 Å². The average Bonchev–Trinajstić information content (AvgIpc) is 2.47. The van der Waals surface area contributed by atoms with Crippen molar-refractivity contribution in [2.24, 2.45) is 5.73 Å². The standard InChI is InChI=1S/C17H20ClFN2/c1-3-21(16-7-5-4-6-12(16)2)17(11-20)14-9-8-13(18)10-15(14)19/h4-10,17H,3,11,20H2,1-2H3. The lowest BCUT2D eigenvalue weighted by atomic mass is 10.0. The SMILES string of the molecule is CCN(c1ccccc1C)C(CN)c1ccc(Cl)cc1F. The molecule has 0 radical (unpaired) electrons. The van der Waals surface area contributed by atoms with E-state index in [1.165, 1.54) is 6.07 Å². The maximum absolute atomic E-state index is 14.2. The first kappa shape index (κ1) is 15.8. The third-order valence-electron chi connectivity index (χ3n) is 3.69. The van der Waals surface area contributed by atoms with E-state index in [1.807, 2.05) is 38.1 Å². The van der Waals surface area contributed by atoms with Crippen molar-refractivity contribution in [2.45, 2.75) is 19.9 Å². The number of hydrogen-bond donors (Lipinski definition) is 1. The average molecular weight is 307 g/mol. The summed E-state index contributed by atoms with van der Waals surface area (Å²) in [6, 6.07) is 12.6. The van der Waals surface area contributed by atoms with Crippen molar-refractivity contribution in [1.29, 1.82) is 0 Å². The van der Waals surface area contributed by atoms with Gasteiger partial charge in [0, 0.05) is 29.4 Å². The van der Waals surface area contributed by atoms with Crippen LogP contribution in [0.2, 0.25) is 5.02 Å². The maximum atomic E-state index is 14.2. The van der Waals surface area contributed by atoms with Crippen molar-refractivity contribution >= 4 is 17.3 Å². The van der Waals surface area contributed by atoms with Gasteiger partial charge in [0.15, 0.2) is 0 Å². The first-order valence-corrected chi connectivity index (χ1v) is 7.43. The number of nitrogens with zero attached hydrogens (tertiary/aromatic N) is 1. The normalized spacial score (nSPS) is 12.2. The number of nitrogens with two attached hydrogens (primary N) is 1. The number of para-hydroxylation sites is 1. The fraction of sp³-hybridized carbons (Fsp3) is 0.294. The Balaban J connectivity index is 2.45. The predicted octanol–water partition coefficient (Wildman–Crippen LogP) is 4.31. The molecule has 0 amide bonds. The van der Waals surface area contributed by atoms with Crippen LogP contribution in [0.4, 0.5) is 10.1 Å². The highest BCUT2D eigenvalue weighted by Crippen LogP contribution is 2.31. The number of anilines is 1. The van der Waals surface area contributed by atoms with Gasteiger partial charge in [-0.15, -0.1) is 0 Å². The van der Waals surface area contributed by atoms with Gasteiger partial charge >= 0.3 is 0 Å². The van der Waals surface area contributed by atoms with Gasteiger partial charge in [0.05, 0.1) is 6.04 Å². The molecule has 0 aliphatic heterocycles. The molecule has 0 saturated carbocycles. The minimum absolute atomic E-state index is 0.214. The van der Waals surface area contributed by atoms with E-state index < -0.39 is 0 Å². The third-order valence-corrected chi connectivity index (χ3v) is 3.92. The number of benzene rings is 2. The summed E-state index contributed by atoms with van der Waals surface area (Å²) in [5, 5.41) is 0.394. The molecule has 112 valence electrons. The minimum Gasteiger partial charge on any atom is -0.363 e. The predicted molar refractivity (Wildman–Crippen MR) is 87.4 cm³/mol. The highest BCUT2D eigenvalue weighted by molar-refractivity contribution is 6.30. The van der Waals surface area contributed by atoms with Crippen LogP contribution in [-0.4, -0.2) is 13.1 Å². The lowest BCUT2D eigenvalue weighted by molar-refractivity contribution is 0.562. The Kier molecular flexibility index (Phi) is 5.21. The molecule has 0 heterocycles. The zero-order chi connectivity index (χ0) is 15.4. The second-order valence-corrected chi connectivity index (χ2v) is 5.43. The fourth-order valence-electron chi connectivity index (χ4n) is 2.64. The molecule has 2 aromatic carbocycles. The molecule has 2 nitrogen and oxygen atoms in total. The van der Waals surface area contributed by atoms with Crippen molar-refractivity contribution < 1.29 is 4.39 Å². The van der Waals surface area contributed by atoms with Crippen LogP contribution in [0.5, 0.6) is 0 Å². The van der Waals surface area contributed by atoms with Crippen LogP contribution in [0.15, 0.2) is 42.5 Å². The summed E-state index contributed by atoms with van der Waals surface area (Å²) < 4.78 is 14.2. The van der Waals surface area contributed by atoms with Crippen LogP contribution >= 0.6 is 11.6 Å². The van der Waals surface area contributed by atoms with E-state index in [4.69, 9.17) is 17.3 Å². The summed E-state index contributed by atoms with van der Waals surface area (Å²) in [4.78, 5) is 2.13. The van der Waals surface area contributed by atoms with Crippen LogP contribution in [0.3, 0.4) is 0 Å². The van der Waals surface area contributed by atoms with E-state index in [0.717, 1.165) is 17.8 Å². The maximum Gasteiger partial charge on any atom is 0.130 e. The van der Waals surface area contributed by atoms with Gasteiger partial charge in [-0.25, -0.2) is 4.39 Å². The van der Waals surface area contributed by atoms with Gasteiger partial charge in [0.2, 0.25) is 0 Å². The van der Waals surface area contributed by atoms with Crippen LogP contribution in [0, 0.1) is 12.7 Å². The fourth-order valence-corrected chi connectivity index (χ4v) is 2.80. The lowest BCUT2D eigenvalue weighted by Crippen LogP contribution is -2.34. The zero-order valence-electron chi connectivity index (χ0n) is 12.3. The molecule has 0 saturated heterocycles. The third kappa shape index (κ3) is 3.36. The molecule has 2 aromatic rings. The highest BCUT2D eigenvalue weighted by Gasteiger charge is 2.22. The number of halogens is 2. The van der Waals surface area contributed by atoms with Crippen molar-refractivity contribution in [3.8, 4) is 0 Å². The Morgan fingerprint density at radius 2 is 1.95 bits per heavy atom. The number of hydrogen-bond acceptors (Lipinski definition) is 2. The van der Waals surface area contributed by atoms with Gasteiger partial charge in [0.25, 0.3) is 0 Å². The van der Waals surface area contributed by atoms with E-state index in [1.54, 1.807) is 12.1 Å². The molecule has 0 aromatic heterocycles. The molecule has 1 unspecified atom stereocenters. The first-order chi connectivity index (χ1) is 10.1. The Bertz CT molecular complexity index is 615. The van der Waals surface area contributed by atoms with Gasteiger partial charge in [-0.05, 0) is 37.6 Å². The van der Waals surface area contributed by atoms with Crippen LogP contribution < -0.4 is 10.6 Å². The van der Waals surface area contributed by atoms with Crippen molar-refractivity contribution in [3.05, 3.63) is 64.4 Å². The number of likely N-dealkylation sites (N-methyl/N-ethyl adjacent to an activating group) is 1. The van der Waals surface area contributed by atoms with Crippen molar-refractivity contribution in [2.75, 3.05) is 18.0 Å². The molecular formula is C17H20ClFN2. The molecule has 21 heavy (non-hydrogen) atoms. The topological polar surface area (TPSA) is 29.3 Å². The van der Waals surface area contributed by atoms with Gasteiger partial charge in [0.1, 0.15) is 5.82 Å². The van der Waals surface area contributed by atoms with Crippen LogP contribution in [-0.2, 0) is 0 Å². The van der Waals surface area contributed by atoms with Gasteiger partial charge in [-0.3, -0.25) is 0 Å². The molecule has 0 fully saturated rings. The molecule has 0 bridgehead atoms. The van der Waals surface area contributed by atoms with E-state index >= 15 is 0 Å². The second-order valence-electron chi connectivity index (χ2n) is 4.99. The van der Waals surface area contributed by atoms with E-state index in [0.29, 0.717) is 17.1 Å². The Morgan fingerprint density at radius 3 is 2.52 bits per heavy atom. The quantitative estimate of drug-likeness (QED) is 0.891. The summed E-state index contributed by atoms with van der Waals surface area (Å²) in [6.45, 7) is 5.17. The first-order valence-electron chi connectivity index (χ1n) is 7.05. The molecule has 1 atom stereocenters. The van der Waals surface area contributed by atoms with Crippen LogP contribution in [0.1, 0.15) is 24.1 Å². The lowest BCUT2D eigenvalue weighted by Gasteiger charge is -2.33. The summed E-state index contributed by atoms with van der Waals surface area (Å²) in [5.74, 6) is -0.315. The largest absolute Gasteiger partial charge is 0.363 e. The molecule has 0 aliphatic carbocycles. The molecule has 0 spiro atoms. The molecule has 2 rings (SSSR count). The van der Waals surface area contributed by atoms with Crippen molar-refractivity contribution in [3.63, 3.8) is 0 Å². The highest BCUT2D eigenvalue weighted by atomic mass is 35.5. The summed E-state index contributed by atoms with van der Waals surface area (Å²) >= 11 is 5.84. The number of rotatable bonds is 5.